The molecule has 1 saturated carbocycles. The average Bonchev–Trinajstić information content (AvgIpc) is 3.21. The first-order valence-corrected chi connectivity index (χ1v) is 13.3. The predicted molar refractivity (Wildman–Crippen MR) is 131 cm³/mol. The first-order chi connectivity index (χ1) is 15.7. The van der Waals surface area contributed by atoms with Crippen LogP contribution in [-0.4, -0.2) is 70.9 Å². The number of carbonyl (C=O) groups is 1. The summed E-state index contributed by atoms with van der Waals surface area (Å²) in [5.41, 5.74) is 3.87. The van der Waals surface area contributed by atoms with Crippen molar-refractivity contribution in [3.05, 3.63) is 40.4 Å². The van der Waals surface area contributed by atoms with Gasteiger partial charge in [-0.05, 0) is 31.2 Å². The van der Waals surface area contributed by atoms with Gasteiger partial charge in [0.05, 0.1) is 12.2 Å². The lowest BCUT2D eigenvalue weighted by molar-refractivity contribution is -0.135. The van der Waals surface area contributed by atoms with Gasteiger partial charge >= 0.3 is 0 Å². The monoisotopic (exact) mass is 452 g/mol. The average molecular weight is 453 g/mol. The van der Waals surface area contributed by atoms with Crippen LogP contribution in [0.5, 0.6) is 0 Å². The second-order valence-electron chi connectivity index (χ2n) is 9.65. The van der Waals surface area contributed by atoms with Gasteiger partial charge in [-0.2, -0.15) is 0 Å². The van der Waals surface area contributed by atoms with Crippen molar-refractivity contribution in [3.8, 4) is 10.6 Å². The van der Waals surface area contributed by atoms with E-state index in [0.29, 0.717) is 12.5 Å². The molecule has 1 amide bonds. The second-order valence-corrected chi connectivity index (χ2v) is 10.7. The van der Waals surface area contributed by atoms with E-state index in [1.54, 1.807) is 11.3 Å². The molecule has 32 heavy (non-hydrogen) atoms. The Morgan fingerprint density at radius 1 is 1.09 bits per heavy atom. The van der Waals surface area contributed by atoms with Crippen molar-refractivity contribution in [3.63, 3.8) is 0 Å². The fourth-order valence-electron chi connectivity index (χ4n) is 5.08. The summed E-state index contributed by atoms with van der Waals surface area (Å²) < 4.78 is 0. The molecule has 3 heterocycles. The van der Waals surface area contributed by atoms with Crippen molar-refractivity contribution < 1.29 is 4.79 Å². The lowest BCUT2D eigenvalue weighted by Gasteiger charge is -2.43. The first kappa shape index (κ1) is 22.1. The van der Waals surface area contributed by atoms with Crippen LogP contribution in [0.25, 0.3) is 10.6 Å². The van der Waals surface area contributed by atoms with Crippen molar-refractivity contribution in [1.82, 2.24) is 19.7 Å². The van der Waals surface area contributed by atoms with E-state index < -0.39 is 0 Å². The van der Waals surface area contributed by atoms with E-state index in [9.17, 15) is 4.79 Å². The highest BCUT2D eigenvalue weighted by molar-refractivity contribution is 7.15. The third-order valence-electron chi connectivity index (χ3n) is 7.45. The van der Waals surface area contributed by atoms with Crippen LogP contribution in [-0.2, 0) is 24.2 Å². The van der Waals surface area contributed by atoms with Crippen molar-refractivity contribution in [2.75, 3.05) is 39.3 Å². The van der Waals surface area contributed by atoms with Crippen LogP contribution in [0.4, 0.5) is 0 Å². The smallest absolute Gasteiger partial charge is 0.236 e. The van der Waals surface area contributed by atoms with E-state index >= 15 is 0 Å². The summed E-state index contributed by atoms with van der Waals surface area (Å²) in [5.74, 6) is 0.300. The summed E-state index contributed by atoms with van der Waals surface area (Å²) in [4.78, 5) is 26.2. The molecule has 5 nitrogen and oxygen atoms in total. The zero-order chi connectivity index (χ0) is 21.9. The van der Waals surface area contributed by atoms with Gasteiger partial charge in [-0.25, -0.2) is 4.98 Å². The van der Waals surface area contributed by atoms with E-state index in [2.05, 4.69) is 45.9 Å². The number of piperazine rings is 1. The molecule has 1 aromatic heterocycles. The van der Waals surface area contributed by atoms with Gasteiger partial charge in [0.1, 0.15) is 5.01 Å². The first-order valence-electron chi connectivity index (χ1n) is 12.5. The Kier molecular flexibility index (Phi) is 6.91. The van der Waals surface area contributed by atoms with E-state index in [-0.39, 0.29) is 0 Å². The Labute approximate surface area is 196 Å². The minimum Gasteiger partial charge on any atom is -0.339 e. The van der Waals surface area contributed by atoms with Crippen LogP contribution in [0, 0.1) is 0 Å². The zero-order valence-electron chi connectivity index (χ0n) is 19.4. The molecule has 0 N–H and O–H groups in total. The van der Waals surface area contributed by atoms with Gasteiger partial charge in [0.25, 0.3) is 0 Å². The molecule has 1 aliphatic carbocycles. The van der Waals surface area contributed by atoms with Gasteiger partial charge in [-0.1, -0.05) is 44.0 Å². The molecule has 2 aliphatic heterocycles. The Morgan fingerprint density at radius 2 is 1.88 bits per heavy atom. The number of unbranched alkanes of at least 4 members (excludes halogenated alkanes) is 1. The van der Waals surface area contributed by atoms with E-state index in [4.69, 9.17) is 4.98 Å². The molecule has 5 rings (SSSR count). The maximum atomic E-state index is 12.9. The van der Waals surface area contributed by atoms with Gasteiger partial charge in [-0.3, -0.25) is 14.6 Å². The lowest BCUT2D eigenvalue weighted by Crippen LogP contribution is -2.55. The Hall–Kier alpha value is -1.76. The van der Waals surface area contributed by atoms with Gasteiger partial charge in [0, 0.05) is 62.2 Å². The zero-order valence-corrected chi connectivity index (χ0v) is 20.2. The van der Waals surface area contributed by atoms with Crippen molar-refractivity contribution in [2.45, 2.75) is 64.5 Å². The van der Waals surface area contributed by atoms with Crippen molar-refractivity contribution in [2.24, 2.45) is 0 Å². The second kappa shape index (κ2) is 10.0. The maximum Gasteiger partial charge on any atom is 0.236 e. The summed E-state index contributed by atoms with van der Waals surface area (Å²) in [5, 5.41) is 1.12. The van der Waals surface area contributed by atoms with Crippen LogP contribution in [0.2, 0.25) is 0 Å². The fraction of sp³-hybridized carbons (Fsp3) is 0.615. The molecule has 0 bridgehead atoms. The largest absolute Gasteiger partial charge is 0.339 e. The van der Waals surface area contributed by atoms with Gasteiger partial charge in [0.15, 0.2) is 0 Å². The Morgan fingerprint density at radius 3 is 2.56 bits per heavy atom. The van der Waals surface area contributed by atoms with Crippen LogP contribution < -0.4 is 0 Å². The highest BCUT2D eigenvalue weighted by Crippen LogP contribution is 2.32. The molecule has 6 heteroatoms. The molecule has 0 spiro atoms. The fourth-order valence-corrected chi connectivity index (χ4v) is 6.24. The Balaban J connectivity index is 1.15. The molecule has 0 atom stereocenters. The molecule has 2 fully saturated rings. The maximum absolute atomic E-state index is 12.9. The number of thiazole rings is 1. The molecule has 0 unspecified atom stereocenters. The van der Waals surface area contributed by atoms with Crippen molar-refractivity contribution in [1.29, 1.82) is 0 Å². The van der Waals surface area contributed by atoms with Crippen molar-refractivity contribution >= 4 is 17.2 Å². The molecule has 1 aromatic carbocycles. The van der Waals surface area contributed by atoms with Gasteiger partial charge < -0.3 is 4.90 Å². The number of rotatable bonds is 7. The summed E-state index contributed by atoms with van der Waals surface area (Å²) in [6.45, 7) is 8.46. The minimum atomic E-state index is 0.300. The number of hydrogen-bond donors (Lipinski definition) is 0. The molecule has 172 valence electrons. The third-order valence-corrected chi connectivity index (χ3v) is 8.58. The number of benzene rings is 1. The normalized spacial score (nSPS) is 20.2. The summed E-state index contributed by atoms with van der Waals surface area (Å²) in [6, 6.07) is 9.74. The SMILES string of the molecule is CCCCc1ccc(-c2nc3c(s2)CN(CC(=O)N2CCN(C4CCC4)CC2)CC3)cc1. The third kappa shape index (κ3) is 4.92. The Bertz CT molecular complexity index is 912. The van der Waals surface area contributed by atoms with Crippen LogP contribution >= 0.6 is 11.3 Å². The summed E-state index contributed by atoms with van der Waals surface area (Å²) in [6.07, 6.45) is 8.66. The predicted octanol–water partition coefficient (Wildman–Crippen LogP) is 4.21. The number of amides is 1. The minimum absolute atomic E-state index is 0.300. The van der Waals surface area contributed by atoms with E-state index in [0.717, 1.165) is 63.2 Å². The highest BCUT2D eigenvalue weighted by atomic mass is 32.1. The standard InChI is InChI=1S/C26H36N4OS/c1-2-3-5-20-8-10-21(11-9-20)26-27-23-12-13-28(18-24(23)32-26)19-25(31)30-16-14-29(15-17-30)22-6-4-7-22/h8-11,22H,2-7,12-19H2,1H3. The summed E-state index contributed by atoms with van der Waals surface area (Å²) >= 11 is 1.81. The summed E-state index contributed by atoms with van der Waals surface area (Å²) in [7, 11) is 0. The van der Waals surface area contributed by atoms with Crippen LogP contribution in [0.3, 0.4) is 0 Å². The quantitative estimate of drug-likeness (QED) is 0.631. The number of fused-ring (bicyclic) bond motifs is 1. The number of aromatic nitrogens is 1. The van der Waals surface area contributed by atoms with Gasteiger partial charge in [-0.15, -0.1) is 11.3 Å². The number of nitrogens with zero attached hydrogens (tertiary/aromatic N) is 4. The molecule has 3 aliphatic rings. The lowest BCUT2D eigenvalue weighted by atomic mass is 9.91. The molecule has 1 saturated heterocycles. The number of aryl methyl sites for hydroxylation is 1. The molecular formula is C26H36N4OS. The molecule has 0 radical (unpaired) electrons. The van der Waals surface area contributed by atoms with E-state index in [1.165, 1.54) is 53.8 Å². The number of hydrogen-bond acceptors (Lipinski definition) is 5. The topological polar surface area (TPSA) is 39.7 Å². The van der Waals surface area contributed by atoms with Crippen LogP contribution in [0.1, 0.15) is 55.2 Å². The van der Waals surface area contributed by atoms with E-state index in [1.807, 2.05) is 0 Å². The molecule has 2 aromatic rings. The van der Waals surface area contributed by atoms with Gasteiger partial charge in [0.2, 0.25) is 5.91 Å². The highest BCUT2D eigenvalue weighted by Gasteiger charge is 2.30. The number of carbonyl (C=O) groups excluding carboxylic acids is 1. The van der Waals surface area contributed by atoms with Crippen LogP contribution in [0.15, 0.2) is 24.3 Å². The molecular weight excluding hydrogens is 416 g/mol.